The third kappa shape index (κ3) is 4.37. The zero-order valence-corrected chi connectivity index (χ0v) is 13.5. The molecule has 0 saturated heterocycles. The van der Waals surface area contributed by atoms with Crippen molar-refractivity contribution in [1.29, 1.82) is 0 Å². The molecular weight excluding hydrogens is 314 g/mol. The summed E-state index contributed by atoms with van der Waals surface area (Å²) in [6, 6.07) is 2.08. The largest absolute Gasteiger partial charge is 0.481 e. The summed E-state index contributed by atoms with van der Waals surface area (Å²) in [7, 11) is 1.97. The number of rotatable bonds is 7. The minimum Gasteiger partial charge on any atom is -0.481 e. The molecule has 1 aromatic heterocycles. The summed E-state index contributed by atoms with van der Waals surface area (Å²) in [6.45, 7) is 5.22. The monoisotopic (exact) mass is 333 g/mol. The second kappa shape index (κ2) is 6.68. The zero-order chi connectivity index (χ0) is 13.8. The van der Waals surface area contributed by atoms with Crippen LogP contribution >= 0.6 is 27.3 Å². The van der Waals surface area contributed by atoms with Crippen molar-refractivity contribution in [3.8, 4) is 0 Å². The molecule has 0 aliphatic rings. The average molecular weight is 334 g/mol. The number of thiophene rings is 1. The van der Waals surface area contributed by atoms with E-state index in [0.29, 0.717) is 13.0 Å². The molecule has 0 aromatic carbocycles. The van der Waals surface area contributed by atoms with E-state index < -0.39 is 11.4 Å². The van der Waals surface area contributed by atoms with Gasteiger partial charge in [0.05, 0.1) is 9.20 Å². The lowest BCUT2D eigenvalue weighted by Crippen LogP contribution is -2.39. The molecule has 1 N–H and O–H groups in total. The Kier molecular flexibility index (Phi) is 5.82. The van der Waals surface area contributed by atoms with Gasteiger partial charge in [-0.05, 0) is 53.3 Å². The molecule has 1 aromatic rings. The molecule has 0 aliphatic carbocycles. The van der Waals surface area contributed by atoms with Gasteiger partial charge in [-0.15, -0.1) is 11.3 Å². The van der Waals surface area contributed by atoms with Crippen LogP contribution in [0.3, 0.4) is 0 Å². The van der Waals surface area contributed by atoms with Crippen LogP contribution in [0.1, 0.15) is 32.3 Å². The highest BCUT2D eigenvalue weighted by Gasteiger charge is 2.33. The van der Waals surface area contributed by atoms with Gasteiger partial charge in [0.2, 0.25) is 0 Å². The molecule has 1 heterocycles. The van der Waals surface area contributed by atoms with Gasteiger partial charge in [-0.3, -0.25) is 4.79 Å². The quantitative estimate of drug-likeness (QED) is 0.824. The van der Waals surface area contributed by atoms with E-state index in [1.54, 1.807) is 11.3 Å². The van der Waals surface area contributed by atoms with Crippen LogP contribution in [0, 0.1) is 5.41 Å². The van der Waals surface area contributed by atoms with E-state index in [2.05, 4.69) is 32.3 Å². The smallest absolute Gasteiger partial charge is 0.310 e. The summed E-state index contributed by atoms with van der Waals surface area (Å²) >= 11 is 5.09. The Morgan fingerprint density at radius 2 is 2.28 bits per heavy atom. The van der Waals surface area contributed by atoms with Gasteiger partial charge in [-0.25, -0.2) is 0 Å². The molecule has 0 saturated carbocycles. The highest BCUT2D eigenvalue weighted by atomic mass is 79.9. The molecule has 0 radical (unpaired) electrons. The van der Waals surface area contributed by atoms with Crippen molar-refractivity contribution in [2.75, 3.05) is 13.6 Å². The van der Waals surface area contributed by atoms with Gasteiger partial charge >= 0.3 is 5.97 Å². The molecule has 0 aliphatic heterocycles. The Morgan fingerprint density at radius 1 is 1.61 bits per heavy atom. The fourth-order valence-electron chi connectivity index (χ4n) is 2.20. The van der Waals surface area contributed by atoms with Crippen LogP contribution in [-0.2, 0) is 11.3 Å². The lowest BCUT2D eigenvalue weighted by atomic mass is 9.85. The lowest BCUT2D eigenvalue weighted by molar-refractivity contribution is -0.149. The number of carboxylic acid groups (broad SMARTS) is 1. The zero-order valence-electron chi connectivity index (χ0n) is 11.1. The SMILES string of the molecule is CCCC(C)(CN(C)Cc1csc(Br)c1)C(=O)O. The summed E-state index contributed by atoms with van der Waals surface area (Å²) in [5, 5.41) is 11.4. The first-order chi connectivity index (χ1) is 8.37. The normalized spacial score (nSPS) is 14.7. The topological polar surface area (TPSA) is 40.5 Å². The number of hydrogen-bond donors (Lipinski definition) is 1. The summed E-state index contributed by atoms with van der Waals surface area (Å²) in [5.41, 5.74) is 0.565. The minimum atomic E-state index is -0.706. The molecule has 0 bridgehead atoms. The molecule has 0 spiro atoms. The summed E-state index contributed by atoms with van der Waals surface area (Å²) in [6.07, 6.45) is 1.60. The molecule has 1 atom stereocenters. The van der Waals surface area contributed by atoms with Crippen molar-refractivity contribution in [2.45, 2.75) is 33.2 Å². The molecule has 1 rings (SSSR count). The van der Waals surface area contributed by atoms with Gasteiger partial charge in [0.1, 0.15) is 0 Å². The predicted molar refractivity (Wildman–Crippen MR) is 79.0 cm³/mol. The maximum Gasteiger partial charge on any atom is 0.310 e. The Morgan fingerprint density at radius 3 is 2.72 bits per heavy atom. The standard InChI is InChI=1S/C13H20BrNO2S/c1-4-5-13(2,12(16)17)9-15(3)7-10-6-11(14)18-8-10/h6,8H,4-5,7,9H2,1-3H3,(H,16,17). The van der Waals surface area contributed by atoms with Crippen molar-refractivity contribution in [1.82, 2.24) is 4.90 Å². The lowest BCUT2D eigenvalue weighted by Gasteiger charge is -2.29. The van der Waals surface area contributed by atoms with Crippen molar-refractivity contribution in [3.05, 3.63) is 20.8 Å². The van der Waals surface area contributed by atoms with Crippen molar-refractivity contribution in [2.24, 2.45) is 5.41 Å². The number of hydrogen-bond acceptors (Lipinski definition) is 3. The van der Waals surface area contributed by atoms with E-state index in [4.69, 9.17) is 0 Å². The maximum atomic E-state index is 11.4. The Labute approximate surface area is 121 Å². The van der Waals surface area contributed by atoms with Gasteiger partial charge < -0.3 is 10.0 Å². The Balaban J connectivity index is 2.61. The van der Waals surface area contributed by atoms with Gasteiger partial charge in [0.25, 0.3) is 0 Å². The maximum absolute atomic E-state index is 11.4. The first-order valence-electron chi connectivity index (χ1n) is 6.02. The highest BCUT2D eigenvalue weighted by molar-refractivity contribution is 9.11. The van der Waals surface area contributed by atoms with Crippen LogP contribution in [0.25, 0.3) is 0 Å². The molecule has 102 valence electrons. The summed E-state index contributed by atoms with van der Waals surface area (Å²) < 4.78 is 1.11. The van der Waals surface area contributed by atoms with E-state index in [-0.39, 0.29) is 0 Å². The van der Waals surface area contributed by atoms with E-state index in [9.17, 15) is 9.90 Å². The predicted octanol–water partition coefficient (Wildman–Crippen LogP) is 3.83. The Hall–Kier alpha value is -0.390. The Bertz CT molecular complexity index is 407. The number of halogens is 1. The molecule has 0 fully saturated rings. The fraction of sp³-hybridized carbons (Fsp3) is 0.615. The number of carbonyl (C=O) groups is 1. The van der Waals surface area contributed by atoms with Gasteiger partial charge in [0.15, 0.2) is 0 Å². The van der Waals surface area contributed by atoms with E-state index in [1.165, 1.54) is 5.56 Å². The van der Waals surface area contributed by atoms with Crippen LogP contribution in [0.15, 0.2) is 15.2 Å². The van der Waals surface area contributed by atoms with Gasteiger partial charge in [-0.1, -0.05) is 13.3 Å². The summed E-state index contributed by atoms with van der Waals surface area (Å²) in [4.78, 5) is 13.5. The van der Waals surface area contributed by atoms with Crippen LogP contribution in [0.5, 0.6) is 0 Å². The molecule has 1 unspecified atom stereocenters. The molecule has 5 heteroatoms. The van der Waals surface area contributed by atoms with Crippen LogP contribution in [-0.4, -0.2) is 29.6 Å². The third-order valence-electron chi connectivity index (χ3n) is 3.01. The number of carboxylic acids is 1. The van der Waals surface area contributed by atoms with Crippen LogP contribution in [0.4, 0.5) is 0 Å². The van der Waals surface area contributed by atoms with Crippen LogP contribution in [0.2, 0.25) is 0 Å². The van der Waals surface area contributed by atoms with E-state index >= 15 is 0 Å². The van der Waals surface area contributed by atoms with Crippen molar-refractivity contribution in [3.63, 3.8) is 0 Å². The number of nitrogens with zero attached hydrogens (tertiary/aromatic N) is 1. The van der Waals surface area contributed by atoms with Crippen LogP contribution < -0.4 is 0 Å². The first-order valence-corrected chi connectivity index (χ1v) is 7.69. The average Bonchev–Trinajstić information content (AvgIpc) is 2.63. The second-order valence-corrected chi connectivity index (χ2v) is 7.34. The van der Waals surface area contributed by atoms with Gasteiger partial charge in [-0.2, -0.15) is 0 Å². The van der Waals surface area contributed by atoms with E-state index in [1.807, 2.05) is 20.9 Å². The second-order valence-electron chi connectivity index (χ2n) is 5.05. The molecule has 0 amide bonds. The summed E-state index contributed by atoms with van der Waals surface area (Å²) in [5.74, 6) is -0.706. The van der Waals surface area contributed by atoms with Crippen molar-refractivity contribution < 1.29 is 9.90 Å². The third-order valence-corrected chi connectivity index (χ3v) is 4.56. The minimum absolute atomic E-state index is 0.573. The molecular formula is C13H20BrNO2S. The highest BCUT2D eigenvalue weighted by Crippen LogP contribution is 2.26. The van der Waals surface area contributed by atoms with Crippen molar-refractivity contribution >= 4 is 33.2 Å². The fourth-order valence-corrected chi connectivity index (χ4v) is 3.40. The number of aliphatic carboxylic acids is 1. The molecule has 18 heavy (non-hydrogen) atoms. The van der Waals surface area contributed by atoms with E-state index in [0.717, 1.165) is 16.8 Å². The first kappa shape index (κ1) is 15.7. The van der Waals surface area contributed by atoms with Gasteiger partial charge in [0, 0.05) is 13.1 Å². The molecule has 3 nitrogen and oxygen atoms in total.